The minimum absolute atomic E-state index is 0.0379. The van der Waals surface area contributed by atoms with E-state index in [0.717, 1.165) is 36.1 Å². The summed E-state index contributed by atoms with van der Waals surface area (Å²) in [5, 5.41) is 0. The second-order valence-electron chi connectivity index (χ2n) is 6.71. The standard InChI is InChI=1S/C19H20N2O3S/c1-13-6-9-16(25(23,24)20-15-7-8-15)12-17(13)19(22)21-11-10-14-4-2-3-5-18(14)21/h2-6,9,12,15,20H,7-8,10-11H2,1H3. The van der Waals surface area contributed by atoms with Crippen molar-refractivity contribution in [2.45, 2.75) is 37.1 Å². The third kappa shape index (κ3) is 3.07. The van der Waals surface area contributed by atoms with Crippen LogP contribution in [0, 0.1) is 6.92 Å². The number of rotatable bonds is 4. The van der Waals surface area contributed by atoms with Crippen LogP contribution < -0.4 is 9.62 Å². The van der Waals surface area contributed by atoms with Crippen molar-refractivity contribution in [2.75, 3.05) is 11.4 Å². The average Bonchev–Trinajstić information content (AvgIpc) is 3.29. The third-order valence-corrected chi connectivity index (χ3v) is 6.30. The summed E-state index contributed by atoms with van der Waals surface area (Å²) in [4.78, 5) is 14.9. The second kappa shape index (κ2) is 5.97. The Hall–Kier alpha value is -2.18. The Balaban J connectivity index is 1.68. The lowest BCUT2D eigenvalue weighted by Crippen LogP contribution is -2.30. The van der Waals surface area contributed by atoms with Crippen LogP contribution in [-0.2, 0) is 16.4 Å². The summed E-state index contributed by atoms with van der Waals surface area (Å²) >= 11 is 0. The van der Waals surface area contributed by atoms with Gasteiger partial charge < -0.3 is 4.90 Å². The third-order valence-electron chi connectivity index (χ3n) is 4.78. The molecule has 1 saturated carbocycles. The molecule has 6 heteroatoms. The van der Waals surface area contributed by atoms with Crippen molar-refractivity contribution in [3.63, 3.8) is 0 Å². The van der Waals surface area contributed by atoms with Gasteiger partial charge in [-0.3, -0.25) is 4.79 Å². The number of nitrogens with zero attached hydrogens (tertiary/aromatic N) is 1. The van der Waals surface area contributed by atoms with Gasteiger partial charge in [-0.05, 0) is 55.5 Å². The number of anilines is 1. The van der Waals surface area contributed by atoms with Crippen molar-refractivity contribution in [3.05, 3.63) is 59.2 Å². The number of sulfonamides is 1. The van der Waals surface area contributed by atoms with Gasteiger partial charge in [-0.2, -0.15) is 0 Å². The van der Waals surface area contributed by atoms with Crippen molar-refractivity contribution in [1.82, 2.24) is 4.72 Å². The van der Waals surface area contributed by atoms with Gasteiger partial charge in [0.15, 0.2) is 0 Å². The zero-order chi connectivity index (χ0) is 17.6. The summed E-state index contributed by atoms with van der Waals surface area (Å²) in [5.74, 6) is -0.147. The molecule has 0 unspecified atom stereocenters. The summed E-state index contributed by atoms with van der Waals surface area (Å²) in [6, 6.07) is 12.7. The smallest absolute Gasteiger partial charge is 0.258 e. The van der Waals surface area contributed by atoms with Gasteiger partial charge in [0, 0.05) is 23.8 Å². The molecule has 1 aliphatic heterocycles. The fraction of sp³-hybridized carbons (Fsp3) is 0.316. The van der Waals surface area contributed by atoms with E-state index in [1.54, 1.807) is 17.0 Å². The molecule has 130 valence electrons. The monoisotopic (exact) mass is 356 g/mol. The molecule has 0 atom stereocenters. The van der Waals surface area contributed by atoms with E-state index in [0.29, 0.717) is 12.1 Å². The summed E-state index contributed by atoms with van der Waals surface area (Å²) in [6.45, 7) is 2.45. The van der Waals surface area contributed by atoms with Crippen LogP contribution in [0.15, 0.2) is 47.4 Å². The fourth-order valence-corrected chi connectivity index (χ4v) is 4.51. The molecule has 25 heavy (non-hydrogen) atoms. The Morgan fingerprint density at radius 3 is 2.68 bits per heavy atom. The zero-order valence-electron chi connectivity index (χ0n) is 14.0. The van der Waals surface area contributed by atoms with E-state index in [-0.39, 0.29) is 16.8 Å². The fourth-order valence-electron chi connectivity index (χ4n) is 3.18. The van der Waals surface area contributed by atoms with Gasteiger partial charge in [0.25, 0.3) is 5.91 Å². The van der Waals surface area contributed by atoms with Crippen molar-refractivity contribution < 1.29 is 13.2 Å². The Bertz CT molecular complexity index is 949. The van der Waals surface area contributed by atoms with Crippen molar-refractivity contribution in [1.29, 1.82) is 0 Å². The SMILES string of the molecule is Cc1ccc(S(=O)(=O)NC2CC2)cc1C(=O)N1CCc2ccccc21. The summed E-state index contributed by atoms with van der Waals surface area (Å²) in [6.07, 6.45) is 2.57. The largest absolute Gasteiger partial charge is 0.308 e. The minimum atomic E-state index is -3.57. The van der Waals surface area contributed by atoms with E-state index in [4.69, 9.17) is 0 Å². The highest BCUT2D eigenvalue weighted by Gasteiger charge is 2.30. The number of aryl methyl sites for hydroxylation is 1. The Morgan fingerprint density at radius 1 is 1.16 bits per heavy atom. The van der Waals surface area contributed by atoms with E-state index >= 15 is 0 Å². The van der Waals surface area contributed by atoms with E-state index in [1.807, 2.05) is 31.2 Å². The lowest BCUT2D eigenvalue weighted by molar-refractivity contribution is 0.0988. The van der Waals surface area contributed by atoms with Gasteiger partial charge in [-0.25, -0.2) is 13.1 Å². The highest BCUT2D eigenvalue weighted by atomic mass is 32.2. The molecule has 0 spiro atoms. The highest BCUT2D eigenvalue weighted by molar-refractivity contribution is 7.89. The number of fused-ring (bicyclic) bond motifs is 1. The van der Waals surface area contributed by atoms with Crippen LogP contribution in [0.2, 0.25) is 0 Å². The van der Waals surface area contributed by atoms with E-state index < -0.39 is 10.0 Å². The molecule has 4 rings (SSSR count). The molecule has 1 fully saturated rings. The Morgan fingerprint density at radius 2 is 1.92 bits per heavy atom. The quantitative estimate of drug-likeness (QED) is 0.916. The number of amides is 1. The van der Waals surface area contributed by atoms with Crippen molar-refractivity contribution in [2.24, 2.45) is 0 Å². The zero-order valence-corrected chi connectivity index (χ0v) is 14.8. The number of hydrogen-bond acceptors (Lipinski definition) is 3. The molecular formula is C19H20N2O3S. The van der Waals surface area contributed by atoms with Crippen LogP contribution in [0.25, 0.3) is 0 Å². The molecule has 1 amide bonds. The van der Waals surface area contributed by atoms with Gasteiger partial charge >= 0.3 is 0 Å². The number of para-hydroxylation sites is 1. The Kier molecular flexibility index (Phi) is 3.89. The molecule has 0 aromatic heterocycles. The molecule has 2 aromatic rings. The van der Waals surface area contributed by atoms with Crippen molar-refractivity contribution >= 4 is 21.6 Å². The predicted octanol–water partition coefficient (Wildman–Crippen LogP) is 2.64. The molecule has 1 heterocycles. The first-order valence-corrected chi connectivity index (χ1v) is 9.97. The highest BCUT2D eigenvalue weighted by Crippen LogP contribution is 2.30. The van der Waals surface area contributed by atoms with Crippen LogP contribution in [-0.4, -0.2) is 26.9 Å². The normalized spacial score (nSPS) is 16.8. The number of hydrogen-bond donors (Lipinski definition) is 1. The minimum Gasteiger partial charge on any atom is -0.308 e. The van der Waals surface area contributed by atoms with Gasteiger partial charge in [0.2, 0.25) is 10.0 Å². The number of carbonyl (C=O) groups is 1. The number of benzene rings is 2. The van der Waals surface area contributed by atoms with Crippen LogP contribution in [0.5, 0.6) is 0 Å². The molecular weight excluding hydrogens is 336 g/mol. The summed E-state index contributed by atoms with van der Waals surface area (Å²) in [5.41, 5.74) is 3.28. The van der Waals surface area contributed by atoms with Crippen LogP contribution in [0.3, 0.4) is 0 Å². The van der Waals surface area contributed by atoms with Crippen LogP contribution in [0.4, 0.5) is 5.69 Å². The molecule has 0 saturated heterocycles. The van der Waals surface area contributed by atoms with Gasteiger partial charge in [-0.15, -0.1) is 0 Å². The average molecular weight is 356 g/mol. The first kappa shape index (κ1) is 16.3. The lowest BCUT2D eigenvalue weighted by atomic mass is 10.1. The molecule has 0 bridgehead atoms. The topological polar surface area (TPSA) is 66.5 Å². The summed E-state index contributed by atoms with van der Waals surface area (Å²) < 4.78 is 27.6. The summed E-state index contributed by atoms with van der Waals surface area (Å²) in [7, 11) is -3.57. The maximum absolute atomic E-state index is 13.1. The van der Waals surface area contributed by atoms with Gasteiger partial charge in [0.05, 0.1) is 4.90 Å². The molecule has 2 aliphatic rings. The van der Waals surface area contributed by atoms with Crippen LogP contribution in [0.1, 0.15) is 34.3 Å². The Labute approximate surface area is 147 Å². The van der Waals surface area contributed by atoms with E-state index in [9.17, 15) is 13.2 Å². The van der Waals surface area contributed by atoms with E-state index in [2.05, 4.69) is 4.72 Å². The number of carbonyl (C=O) groups excluding carboxylic acids is 1. The van der Waals surface area contributed by atoms with Gasteiger partial charge in [0.1, 0.15) is 0 Å². The van der Waals surface area contributed by atoms with Crippen molar-refractivity contribution in [3.8, 4) is 0 Å². The molecule has 2 aromatic carbocycles. The number of nitrogens with one attached hydrogen (secondary N) is 1. The van der Waals surface area contributed by atoms with Crippen LogP contribution >= 0.6 is 0 Å². The molecule has 0 radical (unpaired) electrons. The van der Waals surface area contributed by atoms with E-state index in [1.165, 1.54) is 6.07 Å². The second-order valence-corrected chi connectivity index (χ2v) is 8.42. The molecule has 1 N–H and O–H groups in total. The van der Waals surface area contributed by atoms with Gasteiger partial charge in [-0.1, -0.05) is 24.3 Å². The lowest BCUT2D eigenvalue weighted by Gasteiger charge is -2.19. The molecule has 5 nitrogen and oxygen atoms in total. The maximum atomic E-state index is 13.1. The molecule has 1 aliphatic carbocycles. The predicted molar refractivity (Wildman–Crippen MR) is 96.3 cm³/mol. The maximum Gasteiger partial charge on any atom is 0.258 e. The first-order valence-electron chi connectivity index (χ1n) is 8.48. The first-order chi connectivity index (χ1) is 12.0.